The van der Waals surface area contributed by atoms with Crippen LogP contribution in [0.1, 0.15) is 26.2 Å². The van der Waals surface area contributed by atoms with Crippen molar-refractivity contribution in [2.45, 2.75) is 38.3 Å². The van der Waals surface area contributed by atoms with Gasteiger partial charge < -0.3 is 4.90 Å². The Hall–Kier alpha value is -0.220. The van der Waals surface area contributed by atoms with Gasteiger partial charge in [0.05, 0.1) is 5.75 Å². The quantitative estimate of drug-likeness (QED) is 0.677. The van der Waals surface area contributed by atoms with Gasteiger partial charge in [0.15, 0.2) is 0 Å². The fourth-order valence-corrected chi connectivity index (χ4v) is 2.97. The summed E-state index contributed by atoms with van der Waals surface area (Å²) in [7, 11) is 0. The first-order valence-electron chi connectivity index (χ1n) is 5.86. The lowest BCUT2D eigenvalue weighted by atomic mass is 9.97. The number of fused-ring (bicyclic) bond motifs is 1. The Kier molecular flexibility index (Phi) is 3.57. The molecule has 2 rings (SSSR count). The van der Waals surface area contributed by atoms with E-state index in [0.717, 1.165) is 13.1 Å². The zero-order valence-electron chi connectivity index (χ0n) is 9.35. The van der Waals surface area contributed by atoms with Crippen LogP contribution in [-0.4, -0.2) is 53.2 Å². The minimum absolute atomic E-state index is 0.191. The molecule has 4 heteroatoms. The number of carbonyl (C=O) groups excluding carboxylic acids is 1. The lowest BCUT2D eigenvalue weighted by Crippen LogP contribution is -2.60. The number of hydrogen-bond acceptors (Lipinski definition) is 3. The van der Waals surface area contributed by atoms with Crippen LogP contribution >= 0.6 is 12.6 Å². The highest BCUT2D eigenvalue weighted by Crippen LogP contribution is 2.23. The van der Waals surface area contributed by atoms with Crippen LogP contribution in [0.25, 0.3) is 0 Å². The third-order valence-electron chi connectivity index (χ3n) is 3.64. The van der Waals surface area contributed by atoms with Crippen LogP contribution in [0, 0.1) is 0 Å². The molecular weight excluding hydrogens is 208 g/mol. The first kappa shape index (κ1) is 11.3. The first-order valence-corrected chi connectivity index (χ1v) is 6.50. The average molecular weight is 228 g/mol. The van der Waals surface area contributed by atoms with Crippen LogP contribution in [0.15, 0.2) is 0 Å². The molecule has 2 heterocycles. The van der Waals surface area contributed by atoms with Crippen LogP contribution in [0.5, 0.6) is 0 Å². The van der Waals surface area contributed by atoms with E-state index >= 15 is 0 Å². The zero-order chi connectivity index (χ0) is 10.8. The Morgan fingerprint density at radius 1 is 1.40 bits per heavy atom. The van der Waals surface area contributed by atoms with E-state index in [-0.39, 0.29) is 5.91 Å². The molecule has 0 aromatic heterocycles. The predicted octanol–water partition coefficient (Wildman–Crippen LogP) is 1.00. The molecule has 0 aliphatic carbocycles. The van der Waals surface area contributed by atoms with Gasteiger partial charge in [-0.15, -0.1) is 0 Å². The molecule has 2 atom stereocenters. The van der Waals surface area contributed by atoms with E-state index in [2.05, 4.69) is 24.5 Å². The highest BCUT2D eigenvalue weighted by atomic mass is 32.1. The molecule has 0 aromatic carbocycles. The SMILES string of the molecule is CC1CN2CCCCC2CN1C(=O)CS. The molecule has 2 aliphatic rings. The molecule has 2 aliphatic heterocycles. The maximum absolute atomic E-state index is 11.7. The molecule has 15 heavy (non-hydrogen) atoms. The second-order valence-corrected chi connectivity index (χ2v) is 5.01. The van der Waals surface area contributed by atoms with Crippen molar-refractivity contribution in [1.29, 1.82) is 0 Å². The summed E-state index contributed by atoms with van der Waals surface area (Å²) in [6.07, 6.45) is 3.89. The van der Waals surface area contributed by atoms with Gasteiger partial charge in [0.2, 0.25) is 5.91 Å². The normalized spacial score (nSPS) is 32.5. The number of carbonyl (C=O) groups is 1. The molecule has 2 unspecified atom stereocenters. The van der Waals surface area contributed by atoms with Gasteiger partial charge in [0, 0.05) is 25.2 Å². The molecule has 0 aromatic rings. The predicted molar refractivity (Wildman–Crippen MR) is 64.2 cm³/mol. The van der Waals surface area contributed by atoms with Crippen molar-refractivity contribution in [3.05, 3.63) is 0 Å². The van der Waals surface area contributed by atoms with E-state index in [1.54, 1.807) is 0 Å². The van der Waals surface area contributed by atoms with Gasteiger partial charge in [-0.3, -0.25) is 9.69 Å². The number of rotatable bonds is 1. The van der Waals surface area contributed by atoms with Gasteiger partial charge in [-0.05, 0) is 26.3 Å². The summed E-state index contributed by atoms with van der Waals surface area (Å²) in [5.41, 5.74) is 0. The molecule has 86 valence electrons. The van der Waals surface area contributed by atoms with E-state index < -0.39 is 0 Å². The number of piperidine rings is 1. The maximum Gasteiger partial charge on any atom is 0.232 e. The standard InChI is InChI=1S/C11H20N2OS/c1-9-6-12-5-3-2-4-10(12)7-13(9)11(14)8-15/h9-10,15H,2-8H2,1H3. The lowest BCUT2D eigenvalue weighted by Gasteiger charge is -2.47. The topological polar surface area (TPSA) is 23.6 Å². The summed E-state index contributed by atoms with van der Waals surface area (Å²) in [6, 6.07) is 0.970. The Morgan fingerprint density at radius 3 is 2.93 bits per heavy atom. The van der Waals surface area contributed by atoms with Crippen LogP contribution < -0.4 is 0 Å². The lowest BCUT2D eigenvalue weighted by molar-refractivity contribution is -0.135. The average Bonchev–Trinajstić information content (AvgIpc) is 2.27. The molecule has 1 amide bonds. The zero-order valence-corrected chi connectivity index (χ0v) is 10.2. The minimum atomic E-state index is 0.191. The number of nitrogens with zero attached hydrogens (tertiary/aromatic N) is 2. The van der Waals surface area contributed by atoms with Crippen molar-refractivity contribution >= 4 is 18.5 Å². The van der Waals surface area contributed by atoms with Crippen molar-refractivity contribution in [3.63, 3.8) is 0 Å². The largest absolute Gasteiger partial charge is 0.336 e. The molecule has 0 bridgehead atoms. The van der Waals surface area contributed by atoms with Crippen molar-refractivity contribution in [3.8, 4) is 0 Å². The molecule has 0 N–H and O–H groups in total. The third kappa shape index (κ3) is 2.31. The minimum Gasteiger partial charge on any atom is -0.336 e. The van der Waals surface area contributed by atoms with Gasteiger partial charge in [-0.2, -0.15) is 12.6 Å². The second-order valence-electron chi connectivity index (χ2n) is 4.70. The van der Waals surface area contributed by atoms with Crippen molar-refractivity contribution in [2.24, 2.45) is 0 Å². The molecule has 0 spiro atoms. The monoisotopic (exact) mass is 228 g/mol. The Labute approximate surface area is 97.2 Å². The number of thiol groups is 1. The molecular formula is C11H20N2OS. The van der Waals surface area contributed by atoms with Gasteiger partial charge in [0.25, 0.3) is 0 Å². The fraction of sp³-hybridized carbons (Fsp3) is 0.909. The van der Waals surface area contributed by atoms with E-state index in [1.165, 1.54) is 25.8 Å². The molecule has 2 fully saturated rings. The summed E-state index contributed by atoms with van der Waals surface area (Å²) in [5, 5.41) is 0. The van der Waals surface area contributed by atoms with Crippen molar-refractivity contribution in [2.75, 3.05) is 25.4 Å². The first-order chi connectivity index (χ1) is 7.22. The van der Waals surface area contributed by atoms with Gasteiger partial charge in [-0.1, -0.05) is 6.42 Å². The Balaban J connectivity index is 2.01. The summed E-state index contributed by atoms with van der Waals surface area (Å²) < 4.78 is 0. The fourth-order valence-electron chi connectivity index (χ4n) is 2.79. The molecule has 0 radical (unpaired) electrons. The maximum atomic E-state index is 11.7. The van der Waals surface area contributed by atoms with Gasteiger partial charge in [-0.25, -0.2) is 0 Å². The molecule has 0 saturated carbocycles. The number of amides is 1. The van der Waals surface area contributed by atoms with Gasteiger partial charge >= 0.3 is 0 Å². The summed E-state index contributed by atoms with van der Waals surface area (Å²) in [4.78, 5) is 16.2. The highest BCUT2D eigenvalue weighted by Gasteiger charge is 2.34. The van der Waals surface area contributed by atoms with Crippen molar-refractivity contribution < 1.29 is 4.79 Å². The molecule has 3 nitrogen and oxygen atoms in total. The highest BCUT2D eigenvalue weighted by molar-refractivity contribution is 7.81. The summed E-state index contributed by atoms with van der Waals surface area (Å²) in [5.74, 6) is 0.535. The summed E-state index contributed by atoms with van der Waals surface area (Å²) >= 11 is 4.08. The second kappa shape index (κ2) is 4.74. The van der Waals surface area contributed by atoms with E-state index in [1.807, 2.05) is 4.90 Å². The van der Waals surface area contributed by atoms with Gasteiger partial charge in [0.1, 0.15) is 0 Å². The van der Waals surface area contributed by atoms with E-state index in [9.17, 15) is 4.79 Å². The van der Waals surface area contributed by atoms with E-state index in [4.69, 9.17) is 0 Å². The molecule has 2 saturated heterocycles. The number of hydrogen-bond donors (Lipinski definition) is 1. The van der Waals surface area contributed by atoms with Crippen molar-refractivity contribution in [1.82, 2.24) is 9.80 Å². The van der Waals surface area contributed by atoms with Crippen LogP contribution in [0.4, 0.5) is 0 Å². The summed E-state index contributed by atoms with van der Waals surface area (Å²) in [6.45, 7) is 5.33. The Morgan fingerprint density at radius 2 is 2.20 bits per heavy atom. The smallest absolute Gasteiger partial charge is 0.232 e. The third-order valence-corrected chi connectivity index (χ3v) is 3.91. The van der Waals surface area contributed by atoms with E-state index in [0.29, 0.717) is 17.8 Å². The van der Waals surface area contributed by atoms with Crippen LogP contribution in [0.3, 0.4) is 0 Å². The Bertz CT molecular complexity index is 247. The van der Waals surface area contributed by atoms with Crippen LogP contribution in [0.2, 0.25) is 0 Å². The number of piperazine rings is 1. The van der Waals surface area contributed by atoms with Crippen LogP contribution in [-0.2, 0) is 4.79 Å².